The zero-order valence-electron chi connectivity index (χ0n) is 13.1. The van der Waals surface area contributed by atoms with E-state index in [2.05, 4.69) is 23.6 Å². The molecule has 5 heteroatoms. The molecule has 0 radical (unpaired) electrons. The van der Waals surface area contributed by atoms with Crippen molar-refractivity contribution in [1.82, 2.24) is 9.80 Å². The van der Waals surface area contributed by atoms with Crippen molar-refractivity contribution in [3.8, 4) is 0 Å². The standard InChI is InChI=1S/C15H31N3O2/c1-14(2)18-5-3-15(16,4-6-18)13-20-12-9-17-7-10-19-11-8-17/h14H,3-13,16H2,1-2H3. The molecule has 5 nitrogen and oxygen atoms in total. The van der Waals surface area contributed by atoms with E-state index >= 15 is 0 Å². The van der Waals surface area contributed by atoms with Gasteiger partial charge in [0.2, 0.25) is 0 Å². The second-order valence-electron chi connectivity index (χ2n) is 6.50. The lowest BCUT2D eigenvalue weighted by atomic mass is 9.89. The van der Waals surface area contributed by atoms with Gasteiger partial charge in [-0.15, -0.1) is 0 Å². The van der Waals surface area contributed by atoms with E-state index in [-0.39, 0.29) is 5.54 Å². The van der Waals surface area contributed by atoms with Crippen molar-refractivity contribution in [2.24, 2.45) is 5.73 Å². The van der Waals surface area contributed by atoms with Crippen LogP contribution in [0.3, 0.4) is 0 Å². The Morgan fingerprint density at radius 2 is 1.80 bits per heavy atom. The molecule has 2 heterocycles. The van der Waals surface area contributed by atoms with Crippen molar-refractivity contribution in [3.63, 3.8) is 0 Å². The van der Waals surface area contributed by atoms with E-state index in [1.165, 1.54) is 0 Å². The predicted octanol–water partition coefficient (Wildman–Crippen LogP) is 0.537. The molecule has 0 aliphatic carbocycles. The summed E-state index contributed by atoms with van der Waals surface area (Å²) in [6.45, 7) is 12.9. The van der Waals surface area contributed by atoms with Crippen molar-refractivity contribution in [2.75, 3.05) is 59.2 Å². The molecule has 20 heavy (non-hydrogen) atoms. The summed E-state index contributed by atoms with van der Waals surface area (Å²) < 4.78 is 11.2. The summed E-state index contributed by atoms with van der Waals surface area (Å²) in [6.07, 6.45) is 2.09. The van der Waals surface area contributed by atoms with Crippen LogP contribution >= 0.6 is 0 Å². The minimum absolute atomic E-state index is 0.115. The number of morpholine rings is 1. The van der Waals surface area contributed by atoms with Crippen LogP contribution in [0.1, 0.15) is 26.7 Å². The zero-order chi connectivity index (χ0) is 14.4. The Morgan fingerprint density at radius 3 is 2.40 bits per heavy atom. The SMILES string of the molecule is CC(C)N1CCC(N)(COCCN2CCOCC2)CC1. The number of piperidine rings is 1. The molecule has 0 aromatic heterocycles. The third-order valence-corrected chi connectivity index (χ3v) is 4.57. The maximum Gasteiger partial charge on any atom is 0.0647 e. The number of hydrogen-bond acceptors (Lipinski definition) is 5. The van der Waals surface area contributed by atoms with Crippen LogP contribution in [-0.2, 0) is 9.47 Å². The molecule has 118 valence electrons. The topological polar surface area (TPSA) is 51.0 Å². The quantitative estimate of drug-likeness (QED) is 0.722. The highest BCUT2D eigenvalue weighted by Crippen LogP contribution is 2.21. The molecular formula is C15H31N3O2. The fourth-order valence-corrected chi connectivity index (χ4v) is 2.92. The number of nitrogens with two attached hydrogens (primary N) is 1. The highest BCUT2D eigenvalue weighted by Gasteiger charge is 2.31. The van der Waals surface area contributed by atoms with Crippen molar-refractivity contribution in [2.45, 2.75) is 38.3 Å². The predicted molar refractivity (Wildman–Crippen MR) is 80.9 cm³/mol. The Kier molecular flexibility index (Phi) is 6.23. The summed E-state index contributed by atoms with van der Waals surface area (Å²) in [7, 11) is 0. The average molecular weight is 285 g/mol. The molecule has 0 atom stereocenters. The van der Waals surface area contributed by atoms with Crippen LogP contribution in [0.5, 0.6) is 0 Å². The van der Waals surface area contributed by atoms with Crippen LogP contribution < -0.4 is 5.73 Å². The van der Waals surface area contributed by atoms with Crippen LogP contribution in [0.15, 0.2) is 0 Å². The fourth-order valence-electron chi connectivity index (χ4n) is 2.92. The lowest BCUT2D eigenvalue weighted by Gasteiger charge is -2.40. The van der Waals surface area contributed by atoms with Crippen LogP contribution in [0.2, 0.25) is 0 Å². The van der Waals surface area contributed by atoms with Gasteiger partial charge in [0.1, 0.15) is 0 Å². The lowest BCUT2D eigenvalue weighted by Crippen LogP contribution is -2.54. The van der Waals surface area contributed by atoms with E-state index < -0.39 is 0 Å². The molecule has 0 saturated carbocycles. The van der Waals surface area contributed by atoms with Gasteiger partial charge in [-0.25, -0.2) is 0 Å². The molecule has 0 unspecified atom stereocenters. The first-order valence-electron chi connectivity index (χ1n) is 8.00. The van der Waals surface area contributed by atoms with Crippen LogP contribution in [0, 0.1) is 0 Å². The summed E-state index contributed by atoms with van der Waals surface area (Å²) in [6, 6.07) is 0.627. The third kappa shape index (κ3) is 4.97. The first kappa shape index (κ1) is 16.2. The Bertz CT molecular complexity index is 272. The highest BCUT2D eigenvalue weighted by atomic mass is 16.5. The Labute approximate surface area is 123 Å². The highest BCUT2D eigenvalue weighted by molar-refractivity contribution is 4.91. The number of ether oxygens (including phenoxy) is 2. The molecule has 0 aromatic carbocycles. The smallest absolute Gasteiger partial charge is 0.0647 e. The van der Waals surface area contributed by atoms with E-state index in [9.17, 15) is 0 Å². The largest absolute Gasteiger partial charge is 0.379 e. The van der Waals surface area contributed by atoms with Crippen LogP contribution in [0.4, 0.5) is 0 Å². The summed E-state index contributed by atoms with van der Waals surface area (Å²) in [5.41, 5.74) is 6.34. The summed E-state index contributed by atoms with van der Waals surface area (Å²) in [5.74, 6) is 0. The summed E-state index contributed by atoms with van der Waals surface area (Å²) in [5, 5.41) is 0. The molecule has 2 rings (SSSR count). The lowest BCUT2D eigenvalue weighted by molar-refractivity contribution is 0.00451. The van der Waals surface area contributed by atoms with Gasteiger partial charge in [0.15, 0.2) is 0 Å². The number of rotatable bonds is 6. The van der Waals surface area contributed by atoms with Crippen molar-refractivity contribution >= 4 is 0 Å². The molecule has 2 N–H and O–H groups in total. The van der Waals surface area contributed by atoms with E-state index in [0.717, 1.165) is 65.4 Å². The van der Waals surface area contributed by atoms with Gasteiger partial charge in [0.25, 0.3) is 0 Å². The minimum atomic E-state index is -0.115. The second-order valence-corrected chi connectivity index (χ2v) is 6.50. The summed E-state index contributed by atoms with van der Waals surface area (Å²) in [4.78, 5) is 4.90. The normalized spacial score (nSPS) is 25.2. The van der Waals surface area contributed by atoms with Gasteiger partial charge in [0.05, 0.1) is 26.4 Å². The molecule has 2 aliphatic rings. The molecule has 2 fully saturated rings. The maximum absolute atomic E-state index is 6.46. The number of hydrogen-bond donors (Lipinski definition) is 1. The summed E-state index contributed by atoms with van der Waals surface area (Å²) >= 11 is 0. The van der Waals surface area contributed by atoms with Crippen molar-refractivity contribution in [3.05, 3.63) is 0 Å². The van der Waals surface area contributed by atoms with Gasteiger partial charge < -0.3 is 20.1 Å². The molecular weight excluding hydrogens is 254 g/mol. The van der Waals surface area contributed by atoms with Crippen LogP contribution in [0.25, 0.3) is 0 Å². The van der Waals surface area contributed by atoms with Gasteiger partial charge in [-0.05, 0) is 26.7 Å². The van der Waals surface area contributed by atoms with E-state index in [1.807, 2.05) is 0 Å². The van der Waals surface area contributed by atoms with Gasteiger partial charge in [-0.3, -0.25) is 4.90 Å². The van der Waals surface area contributed by atoms with E-state index in [4.69, 9.17) is 15.2 Å². The Hall–Kier alpha value is -0.200. The molecule has 2 saturated heterocycles. The molecule has 0 bridgehead atoms. The van der Waals surface area contributed by atoms with Gasteiger partial charge in [-0.2, -0.15) is 0 Å². The fraction of sp³-hybridized carbons (Fsp3) is 1.00. The van der Waals surface area contributed by atoms with Crippen molar-refractivity contribution < 1.29 is 9.47 Å². The minimum Gasteiger partial charge on any atom is -0.379 e. The van der Waals surface area contributed by atoms with Crippen LogP contribution in [-0.4, -0.2) is 80.5 Å². The third-order valence-electron chi connectivity index (χ3n) is 4.57. The second kappa shape index (κ2) is 7.71. The molecule has 2 aliphatic heterocycles. The number of nitrogens with zero attached hydrogens (tertiary/aromatic N) is 2. The maximum atomic E-state index is 6.46. The Balaban J connectivity index is 1.59. The van der Waals surface area contributed by atoms with Gasteiger partial charge in [-0.1, -0.05) is 0 Å². The average Bonchev–Trinajstić information content (AvgIpc) is 2.45. The first-order valence-corrected chi connectivity index (χ1v) is 8.00. The zero-order valence-corrected chi connectivity index (χ0v) is 13.1. The molecule has 0 amide bonds. The van der Waals surface area contributed by atoms with Gasteiger partial charge >= 0.3 is 0 Å². The van der Waals surface area contributed by atoms with Gasteiger partial charge in [0, 0.05) is 44.3 Å². The Morgan fingerprint density at radius 1 is 1.15 bits per heavy atom. The molecule has 0 aromatic rings. The van der Waals surface area contributed by atoms with Crippen molar-refractivity contribution in [1.29, 1.82) is 0 Å². The van der Waals surface area contributed by atoms with E-state index in [0.29, 0.717) is 12.6 Å². The molecule has 0 spiro atoms. The van der Waals surface area contributed by atoms with E-state index in [1.54, 1.807) is 0 Å². The number of likely N-dealkylation sites (tertiary alicyclic amines) is 1. The monoisotopic (exact) mass is 285 g/mol. The first-order chi connectivity index (χ1) is 9.59.